The third kappa shape index (κ3) is 2.41. The molecule has 7 nitrogen and oxygen atoms in total. The molecule has 0 fully saturated rings. The van der Waals surface area contributed by atoms with Gasteiger partial charge in [-0.25, -0.2) is 14.3 Å². The van der Waals surface area contributed by atoms with E-state index < -0.39 is 0 Å². The van der Waals surface area contributed by atoms with Crippen LogP contribution in [0.5, 0.6) is 11.6 Å². The first-order valence-electron chi connectivity index (χ1n) is 7.63. The van der Waals surface area contributed by atoms with Crippen LogP contribution in [0.15, 0.2) is 29.2 Å². The number of H-pyrrole nitrogens is 1. The minimum atomic E-state index is -0.389. The van der Waals surface area contributed by atoms with Crippen molar-refractivity contribution < 1.29 is 9.47 Å². The molecule has 0 saturated heterocycles. The van der Waals surface area contributed by atoms with Gasteiger partial charge in [0.1, 0.15) is 17.4 Å². The maximum absolute atomic E-state index is 12.5. The fraction of sp³-hybridized carbons (Fsp3) is 0.312. The summed E-state index contributed by atoms with van der Waals surface area (Å²) in [5.74, 6) is 1.23. The maximum atomic E-state index is 12.5. The third-order valence-corrected chi connectivity index (χ3v) is 4.16. The summed E-state index contributed by atoms with van der Waals surface area (Å²) in [6.45, 7) is 3.90. The van der Waals surface area contributed by atoms with Gasteiger partial charge in [-0.3, -0.25) is 4.98 Å². The third-order valence-electron chi connectivity index (χ3n) is 3.87. The number of nitrogens with one attached hydrogen (secondary N) is 1. The summed E-state index contributed by atoms with van der Waals surface area (Å²) in [7, 11) is 0. The molecule has 0 spiro atoms. The number of aromatic amines is 1. The predicted octanol–water partition coefficient (Wildman–Crippen LogP) is 2.70. The average Bonchev–Trinajstić information content (AvgIpc) is 2.84. The van der Waals surface area contributed by atoms with Crippen LogP contribution in [0.4, 0.5) is 0 Å². The highest BCUT2D eigenvalue weighted by atomic mass is 35.5. The van der Waals surface area contributed by atoms with Gasteiger partial charge in [0.15, 0.2) is 11.5 Å². The number of hydrogen-bond donors (Lipinski definition) is 1. The maximum Gasteiger partial charge on any atom is 0.333 e. The van der Waals surface area contributed by atoms with Crippen molar-refractivity contribution in [3.8, 4) is 17.4 Å². The van der Waals surface area contributed by atoms with E-state index in [2.05, 4.69) is 15.0 Å². The van der Waals surface area contributed by atoms with Gasteiger partial charge in [-0.05, 0) is 19.9 Å². The second-order valence-corrected chi connectivity index (χ2v) is 6.23. The SMILES string of the molecule is C[C@@H]1C[C@H](C)Oc2ccc(Cl)c(n2)-n2c(=O)[nH]c3nccc(c32)O1. The van der Waals surface area contributed by atoms with Gasteiger partial charge in [-0.1, -0.05) is 11.6 Å². The number of halogens is 1. The van der Waals surface area contributed by atoms with Gasteiger partial charge in [0.25, 0.3) is 0 Å². The van der Waals surface area contributed by atoms with E-state index in [1.54, 1.807) is 24.4 Å². The van der Waals surface area contributed by atoms with Crippen molar-refractivity contribution >= 4 is 22.8 Å². The molecule has 0 radical (unpaired) electrons. The molecule has 124 valence electrons. The van der Waals surface area contributed by atoms with Crippen LogP contribution in [0.1, 0.15) is 20.3 Å². The number of ether oxygens (including phenoxy) is 2. The molecule has 1 N–H and O–H groups in total. The Morgan fingerprint density at radius 1 is 1.25 bits per heavy atom. The van der Waals surface area contributed by atoms with E-state index in [4.69, 9.17) is 21.1 Å². The Labute approximate surface area is 142 Å². The number of rotatable bonds is 0. The van der Waals surface area contributed by atoms with Crippen LogP contribution in [-0.2, 0) is 0 Å². The van der Waals surface area contributed by atoms with Crippen molar-refractivity contribution in [3.63, 3.8) is 0 Å². The Morgan fingerprint density at radius 3 is 2.88 bits per heavy atom. The first kappa shape index (κ1) is 15.0. The molecule has 3 aromatic rings. The lowest BCUT2D eigenvalue weighted by Gasteiger charge is -2.19. The molecule has 3 aromatic heterocycles. The summed E-state index contributed by atoms with van der Waals surface area (Å²) >= 11 is 6.28. The molecular formula is C16H15ClN4O3. The smallest absolute Gasteiger partial charge is 0.333 e. The molecule has 4 heterocycles. The highest BCUT2D eigenvalue weighted by Crippen LogP contribution is 2.30. The van der Waals surface area contributed by atoms with E-state index >= 15 is 0 Å². The van der Waals surface area contributed by atoms with Crippen LogP contribution in [0.2, 0.25) is 5.02 Å². The van der Waals surface area contributed by atoms with Gasteiger partial charge in [-0.2, -0.15) is 4.98 Å². The Hall–Kier alpha value is -2.54. The van der Waals surface area contributed by atoms with Crippen LogP contribution in [0.3, 0.4) is 0 Å². The summed E-state index contributed by atoms with van der Waals surface area (Å²) in [6.07, 6.45) is 2.04. The quantitative estimate of drug-likeness (QED) is 0.676. The lowest BCUT2D eigenvalue weighted by Crippen LogP contribution is -2.23. The number of pyridine rings is 2. The van der Waals surface area contributed by atoms with Gasteiger partial charge in [-0.15, -0.1) is 0 Å². The molecule has 24 heavy (non-hydrogen) atoms. The van der Waals surface area contributed by atoms with E-state index in [-0.39, 0.29) is 23.7 Å². The second kappa shape index (κ2) is 5.52. The lowest BCUT2D eigenvalue weighted by atomic mass is 10.2. The van der Waals surface area contributed by atoms with Crippen molar-refractivity contribution in [3.05, 3.63) is 39.9 Å². The lowest BCUT2D eigenvalue weighted by molar-refractivity contribution is 0.129. The largest absolute Gasteiger partial charge is 0.488 e. The molecule has 1 aliphatic rings. The first-order valence-corrected chi connectivity index (χ1v) is 8.00. The summed E-state index contributed by atoms with van der Waals surface area (Å²) in [4.78, 5) is 23.8. The van der Waals surface area contributed by atoms with Gasteiger partial charge in [0.2, 0.25) is 5.88 Å². The van der Waals surface area contributed by atoms with Crippen LogP contribution in [0, 0.1) is 0 Å². The van der Waals surface area contributed by atoms with Crippen LogP contribution in [0.25, 0.3) is 17.0 Å². The van der Waals surface area contributed by atoms with Crippen LogP contribution < -0.4 is 15.2 Å². The molecule has 2 bridgehead atoms. The van der Waals surface area contributed by atoms with Crippen LogP contribution >= 0.6 is 11.6 Å². The molecule has 8 heteroatoms. The number of nitrogens with zero attached hydrogens (tertiary/aromatic N) is 3. The summed E-state index contributed by atoms with van der Waals surface area (Å²) in [5.41, 5.74) is 0.539. The molecule has 4 rings (SSSR count). The van der Waals surface area contributed by atoms with Gasteiger partial charge >= 0.3 is 5.69 Å². The number of imidazole rings is 1. The average molecular weight is 347 g/mol. The van der Waals surface area contributed by atoms with Gasteiger partial charge in [0.05, 0.1) is 11.1 Å². The number of fused-ring (bicyclic) bond motifs is 3. The van der Waals surface area contributed by atoms with E-state index in [0.717, 1.165) is 0 Å². The zero-order valence-corrected chi connectivity index (χ0v) is 13.9. The number of aromatic nitrogens is 4. The zero-order chi connectivity index (χ0) is 16.8. The minimum Gasteiger partial charge on any atom is -0.488 e. The summed E-state index contributed by atoms with van der Waals surface area (Å²) < 4.78 is 13.2. The summed E-state index contributed by atoms with van der Waals surface area (Å²) in [5, 5.41) is 0.333. The molecule has 1 aliphatic heterocycles. The molecular weight excluding hydrogens is 332 g/mol. The number of hydrogen-bond acceptors (Lipinski definition) is 5. The predicted molar refractivity (Wildman–Crippen MR) is 89.3 cm³/mol. The Morgan fingerprint density at radius 2 is 2.04 bits per heavy atom. The standard InChI is InChI=1S/C16H15ClN4O3/c1-8-7-9(2)24-12-4-3-10(17)15(19-12)21-13-11(23-8)5-6-18-14(13)20-16(21)22/h3-6,8-9H,7H2,1-2H3,(H,18,20,22)/t8-,9+/m1/s1. The fourth-order valence-corrected chi connectivity index (χ4v) is 3.11. The van der Waals surface area contributed by atoms with Crippen molar-refractivity contribution in [2.24, 2.45) is 0 Å². The van der Waals surface area contributed by atoms with E-state index in [9.17, 15) is 4.79 Å². The van der Waals surface area contributed by atoms with Crippen molar-refractivity contribution in [1.29, 1.82) is 0 Å². The monoisotopic (exact) mass is 346 g/mol. The Balaban J connectivity index is 2.08. The normalized spacial score (nSPS) is 20.1. The molecule has 0 aromatic carbocycles. The molecule has 0 aliphatic carbocycles. The van der Waals surface area contributed by atoms with Crippen molar-refractivity contribution in [1.82, 2.24) is 19.5 Å². The van der Waals surface area contributed by atoms with E-state index in [0.29, 0.717) is 34.2 Å². The van der Waals surface area contributed by atoms with Gasteiger partial charge < -0.3 is 9.47 Å². The van der Waals surface area contributed by atoms with E-state index in [1.807, 2.05) is 13.8 Å². The minimum absolute atomic E-state index is 0.102. The summed E-state index contributed by atoms with van der Waals surface area (Å²) in [6, 6.07) is 5.07. The highest BCUT2D eigenvalue weighted by Gasteiger charge is 2.22. The Bertz CT molecular complexity index is 981. The fourth-order valence-electron chi connectivity index (χ4n) is 2.92. The van der Waals surface area contributed by atoms with Crippen molar-refractivity contribution in [2.75, 3.05) is 0 Å². The molecule has 0 amide bonds. The first-order chi connectivity index (χ1) is 11.5. The highest BCUT2D eigenvalue weighted by molar-refractivity contribution is 6.32. The van der Waals surface area contributed by atoms with Crippen molar-refractivity contribution in [2.45, 2.75) is 32.5 Å². The van der Waals surface area contributed by atoms with E-state index in [1.165, 1.54) is 4.57 Å². The van der Waals surface area contributed by atoms with Crippen LogP contribution in [-0.4, -0.2) is 31.7 Å². The molecule has 2 atom stereocenters. The second-order valence-electron chi connectivity index (χ2n) is 5.82. The Kier molecular flexibility index (Phi) is 3.45. The van der Waals surface area contributed by atoms with Gasteiger partial charge in [0, 0.05) is 24.8 Å². The molecule has 0 unspecified atom stereocenters. The molecule has 0 saturated carbocycles. The zero-order valence-electron chi connectivity index (χ0n) is 13.1. The topological polar surface area (TPSA) is 82.0 Å².